The summed E-state index contributed by atoms with van der Waals surface area (Å²) in [6, 6.07) is 10.6. The van der Waals surface area contributed by atoms with Gasteiger partial charge in [0.1, 0.15) is 5.82 Å². The van der Waals surface area contributed by atoms with Gasteiger partial charge in [0, 0.05) is 37.5 Å². The summed E-state index contributed by atoms with van der Waals surface area (Å²) in [4.78, 5) is 18.4. The molecule has 0 bridgehead atoms. The molecule has 0 radical (unpaired) electrons. The SMILES string of the molecule is CC(=O)N[C@@H]1CN(c2nccc3ccccc23)C[C@H]1C(C)C. The lowest BCUT2D eigenvalue weighted by molar-refractivity contribution is -0.119. The Morgan fingerprint density at radius 1 is 1.27 bits per heavy atom. The number of pyridine rings is 1. The van der Waals surface area contributed by atoms with Crippen LogP contribution in [-0.2, 0) is 4.79 Å². The topological polar surface area (TPSA) is 45.2 Å². The summed E-state index contributed by atoms with van der Waals surface area (Å²) in [7, 11) is 0. The van der Waals surface area contributed by atoms with Crippen molar-refractivity contribution in [2.75, 3.05) is 18.0 Å². The van der Waals surface area contributed by atoms with Gasteiger partial charge < -0.3 is 10.2 Å². The highest BCUT2D eigenvalue weighted by molar-refractivity contribution is 5.92. The standard InChI is InChI=1S/C18H23N3O/c1-12(2)16-10-21(11-17(16)20-13(3)22)18-15-7-5-4-6-14(15)8-9-19-18/h4-9,12,16-17H,10-11H2,1-3H3,(H,20,22)/t16-,17+/m0/s1. The van der Waals surface area contributed by atoms with Gasteiger partial charge in [0.25, 0.3) is 0 Å². The van der Waals surface area contributed by atoms with Gasteiger partial charge in [-0.1, -0.05) is 38.1 Å². The molecule has 116 valence electrons. The van der Waals surface area contributed by atoms with Crippen LogP contribution in [0.1, 0.15) is 20.8 Å². The third-order valence-electron chi connectivity index (χ3n) is 4.56. The first-order valence-electron chi connectivity index (χ1n) is 7.92. The summed E-state index contributed by atoms with van der Waals surface area (Å²) >= 11 is 0. The van der Waals surface area contributed by atoms with Crippen LogP contribution >= 0.6 is 0 Å². The van der Waals surface area contributed by atoms with Gasteiger partial charge in [0.05, 0.1) is 6.04 Å². The maximum Gasteiger partial charge on any atom is 0.217 e. The molecule has 2 heterocycles. The van der Waals surface area contributed by atoms with Crippen molar-refractivity contribution in [2.45, 2.75) is 26.8 Å². The molecule has 0 spiro atoms. The average Bonchev–Trinajstić information content (AvgIpc) is 2.89. The Kier molecular flexibility index (Phi) is 4.01. The first-order valence-corrected chi connectivity index (χ1v) is 7.92. The number of nitrogens with zero attached hydrogens (tertiary/aromatic N) is 2. The van der Waals surface area contributed by atoms with Crippen molar-refractivity contribution in [2.24, 2.45) is 11.8 Å². The fraction of sp³-hybridized carbons (Fsp3) is 0.444. The van der Waals surface area contributed by atoms with Gasteiger partial charge in [-0.15, -0.1) is 0 Å². The molecule has 22 heavy (non-hydrogen) atoms. The molecule has 4 nitrogen and oxygen atoms in total. The van der Waals surface area contributed by atoms with E-state index in [1.54, 1.807) is 6.92 Å². The van der Waals surface area contributed by atoms with Crippen LogP contribution in [0.2, 0.25) is 0 Å². The van der Waals surface area contributed by atoms with Crippen molar-refractivity contribution in [3.05, 3.63) is 36.5 Å². The van der Waals surface area contributed by atoms with Gasteiger partial charge in [0.15, 0.2) is 0 Å². The molecule has 0 unspecified atom stereocenters. The quantitative estimate of drug-likeness (QED) is 0.947. The van der Waals surface area contributed by atoms with E-state index in [9.17, 15) is 4.79 Å². The summed E-state index contributed by atoms with van der Waals surface area (Å²) in [5.74, 6) is 2.04. The number of carbonyl (C=O) groups is 1. The predicted molar refractivity (Wildman–Crippen MR) is 89.9 cm³/mol. The van der Waals surface area contributed by atoms with Crippen LogP contribution in [0.3, 0.4) is 0 Å². The van der Waals surface area contributed by atoms with Gasteiger partial charge in [-0.05, 0) is 17.4 Å². The van der Waals surface area contributed by atoms with Crippen molar-refractivity contribution in [1.29, 1.82) is 0 Å². The second-order valence-electron chi connectivity index (χ2n) is 6.48. The van der Waals surface area contributed by atoms with Gasteiger partial charge >= 0.3 is 0 Å². The zero-order chi connectivity index (χ0) is 15.7. The average molecular weight is 297 g/mol. The first kappa shape index (κ1) is 14.8. The number of hydrogen-bond acceptors (Lipinski definition) is 3. The summed E-state index contributed by atoms with van der Waals surface area (Å²) in [5, 5.41) is 5.49. The summed E-state index contributed by atoms with van der Waals surface area (Å²) in [6.07, 6.45) is 1.87. The number of aromatic nitrogens is 1. The molecule has 2 atom stereocenters. The highest BCUT2D eigenvalue weighted by atomic mass is 16.1. The van der Waals surface area contributed by atoms with E-state index in [4.69, 9.17) is 0 Å². The number of rotatable bonds is 3. The van der Waals surface area contributed by atoms with Crippen LogP contribution in [0.5, 0.6) is 0 Å². The highest BCUT2D eigenvalue weighted by Crippen LogP contribution is 2.31. The molecule has 1 aromatic heterocycles. The van der Waals surface area contributed by atoms with Crippen LogP contribution in [-0.4, -0.2) is 30.0 Å². The fourth-order valence-corrected chi connectivity index (χ4v) is 3.45. The molecular weight excluding hydrogens is 274 g/mol. The molecule has 1 N–H and O–H groups in total. The van der Waals surface area contributed by atoms with Crippen LogP contribution in [0.15, 0.2) is 36.5 Å². The largest absolute Gasteiger partial charge is 0.354 e. The van der Waals surface area contributed by atoms with E-state index in [2.05, 4.69) is 47.2 Å². The Balaban J connectivity index is 1.93. The normalized spacial score (nSPS) is 21.5. The van der Waals surface area contributed by atoms with E-state index in [0.29, 0.717) is 11.8 Å². The minimum atomic E-state index is 0.0448. The Hall–Kier alpha value is -2.10. The number of nitrogens with one attached hydrogen (secondary N) is 1. The molecule has 1 fully saturated rings. The number of amides is 1. The number of hydrogen-bond donors (Lipinski definition) is 1. The van der Waals surface area contributed by atoms with E-state index >= 15 is 0 Å². The van der Waals surface area contributed by atoms with E-state index in [-0.39, 0.29) is 11.9 Å². The molecule has 1 aliphatic heterocycles. The third-order valence-corrected chi connectivity index (χ3v) is 4.56. The Labute approximate surface area is 131 Å². The number of anilines is 1. The zero-order valence-electron chi connectivity index (χ0n) is 13.4. The molecule has 2 aromatic rings. The smallest absolute Gasteiger partial charge is 0.217 e. The van der Waals surface area contributed by atoms with Crippen molar-refractivity contribution in [3.63, 3.8) is 0 Å². The predicted octanol–water partition coefficient (Wildman–Crippen LogP) is 2.83. The van der Waals surface area contributed by atoms with Gasteiger partial charge in [0.2, 0.25) is 5.91 Å². The van der Waals surface area contributed by atoms with Crippen molar-refractivity contribution in [3.8, 4) is 0 Å². The van der Waals surface area contributed by atoms with E-state index in [0.717, 1.165) is 18.9 Å². The fourth-order valence-electron chi connectivity index (χ4n) is 3.45. The first-order chi connectivity index (χ1) is 10.6. The lowest BCUT2D eigenvalue weighted by atomic mass is 9.91. The molecule has 1 amide bonds. The maximum atomic E-state index is 11.5. The lowest BCUT2D eigenvalue weighted by Gasteiger charge is -2.21. The minimum absolute atomic E-state index is 0.0448. The molecule has 4 heteroatoms. The Morgan fingerprint density at radius 2 is 2.05 bits per heavy atom. The van der Waals surface area contributed by atoms with Gasteiger partial charge in [-0.25, -0.2) is 4.98 Å². The number of carbonyl (C=O) groups excluding carboxylic acids is 1. The highest BCUT2D eigenvalue weighted by Gasteiger charge is 2.36. The van der Waals surface area contributed by atoms with E-state index in [1.807, 2.05) is 18.3 Å². The molecule has 1 saturated heterocycles. The summed E-state index contributed by atoms with van der Waals surface area (Å²) in [6.45, 7) is 7.79. The number of fused-ring (bicyclic) bond motifs is 1. The minimum Gasteiger partial charge on any atom is -0.354 e. The maximum absolute atomic E-state index is 11.5. The molecular formula is C18H23N3O. The van der Waals surface area contributed by atoms with Crippen molar-refractivity contribution >= 4 is 22.5 Å². The van der Waals surface area contributed by atoms with Gasteiger partial charge in [-0.3, -0.25) is 4.79 Å². The Morgan fingerprint density at radius 3 is 2.77 bits per heavy atom. The van der Waals surface area contributed by atoms with Crippen LogP contribution in [0, 0.1) is 11.8 Å². The summed E-state index contributed by atoms with van der Waals surface area (Å²) < 4.78 is 0. The molecule has 1 aliphatic rings. The van der Waals surface area contributed by atoms with Crippen molar-refractivity contribution < 1.29 is 4.79 Å². The monoisotopic (exact) mass is 297 g/mol. The Bertz CT molecular complexity index is 678. The molecule has 0 saturated carbocycles. The van der Waals surface area contributed by atoms with Crippen LogP contribution < -0.4 is 10.2 Å². The van der Waals surface area contributed by atoms with Gasteiger partial charge in [-0.2, -0.15) is 0 Å². The molecule has 0 aliphatic carbocycles. The zero-order valence-corrected chi connectivity index (χ0v) is 13.4. The molecule has 1 aromatic carbocycles. The number of benzene rings is 1. The lowest BCUT2D eigenvalue weighted by Crippen LogP contribution is -2.40. The van der Waals surface area contributed by atoms with E-state index in [1.165, 1.54) is 10.8 Å². The second kappa shape index (κ2) is 5.95. The van der Waals surface area contributed by atoms with Crippen molar-refractivity contribution in [1.82, 2.24) is 10.3 Å². The third kappa shape index (κ3) is 2.78. The van der Waals surface area contributed by atoms with E-state index < -0.39 is 0 Å². The molecule has 3 rings (SSSR count). The second-order valence-corrected chi connectivity index (χ2v) is 6.48. The summed E-state index contributed by atoms with van der Waals surface area (Å²) in [5.41, 5.74) is 0. The van der Waals surface area contributed by atoms with Crippen LogP contribution in [0.4, 0.5) is 5.82 Å². The van der Waals surface area contributed by atoms with Crippen LogP contribution in [0.25, 0.3) is 10.8 Å².